The molecule has 0 fully saturated rings. The van der Waals surface area contributed by atoms with Crippen molar-refractivity contribution < 1.29 is 19.1 Å². The van der Waals surface area contributed by atoms with Gasteiger partial charge in [0.25, 0.3) is 5.91 Å². The summed E-state index contributed by atoms with van der Waals surface area (Å²) in [5.41, 5.74) is 0.886. The number of carboxylic acid groups (broad SMARTS) is 1. The first-order valence-electron chi connectivity index (χ1n) is 5.23. The number of aromatic carboxylic acids is 1. The highest BCUT2D eigenvalue weighted by Gasteiger charge is 2.16. The fourth-order valence-corrected chi connectivity index (χ4v) is 1.80. The van der Waals surface area contributed by atoms with E-state index in [1.165, 1.54) is 18.5 Å². The molecule has 0 saturated heterocycles. The molecule has 2 N–H and O–H groups in total. The molecule has 98 valence electrons. The molecule has 0 bridgehead atoms. The number of nitrogens with one attached hydrogen (secondary N) is 1. The van der Waals surface area contributed by atoms with Crippen LogP contribution in [-0.4, -0.2) is 22.0 Å². The van der Waals surface area contributed by atoms with Crippen LogP contribution >= 0.6 is 15.9 Å². The SMILES string of the molecule is Cc1ncoc1C(=O)Nc1cc(C(=O)O)ccc1Br. The van der Waals surface area contributed by atoms with Gasteiger partial charge in [0.05, 0.1) is 16.9 Å². The Morgan fingerprint density at radius 3 is 2.74 bits per heavy atom. The largest absolute Gasteiger partial charge is 0.478 e. The van der Waals surface area contributed by atoms with Gasteiger partial charge in [-0.05, 0) is 41.1 Å². The van der Waals surface area contributed by atoms with Gasteiger partial charge >= 0.3 is 5.97 Å². The van der Waals surface area contributed by atoms with Gasteiger partial charge in [-0.1, -0.05) is 0 Å². The quantitative estimate of drug-likeness (QED) is 0.905. The second-order valence-electron chi connectivity index (χ2n) is 3.72. The van der Waals surface area contributed by atoms with E-state index in [-0.39, 0.29) is 11.3 Å². The maximum absolute atomic E-state index is 11.9. The summed E-state index contributed by atoms with van der Waals surface area (Å²) in [4.78, 5) is 26.6. The molecule has 0 unspecified atom stereocenters. The Morgan fingerprint density at radius 2 is 2.16 bits per heavy atom. The number of rotatable bonds is 3. The molecule has 19 heavy (non-hydrogen) atoms. The number of anilines is 1. The van der Waals surface area contributed by atoms with Gasteiger partial charge in [0.15, 0.2) is 6.39 Å². The highest BCUT2D eigenvalue weighted by atomic mass is 79.9. The van der Waals surface area contributed by atoms with E-state index >= 15 is 0 Å². The van der Waals surface area contributed by atoms with E-state index in [0.717, 1.165) is 0 Å². The number of carbonyl (C=O) groups is 2. The van der Waals surface area contributed by atoms with Crippen molar-refractivity contribution >= 4 is 33.5 Å². The third-order valence-corrected chi connectivity index (χ3v) is 3.10. The van der Waals surface area contributed by atoms with Crippen molar-refractivity contribution in [3.8, 4) is 0 Å². The maximum atomic E-state index is 11.9. The molecule has 0 spiro atoms. The number of benzene rings is 1. The van der Waals surface area contributed by atoms with Gasteiger partial charge in [0.1, 0.15) is 0 Å². The molecular weight excluding hydrogens is 316 g/mol. The van der Waals surface area contributed by atoms with Gasteiger partial charge in [-0.15, -0.1) is 0 Å². The minimum atomic E-state index is -1.07. The van der Waals surface area contributed by atoms with Crippen LogP contribution in [0.15, 0.2) is 33.5 Å². The van der Waals surface area contributed by atoms with E-state index < -0.39 is 11.9 Å². The van der Waals surface area contributed by atoms with Crippen molar-refractivity contribution in [1.29, 1.82) is 0 Å². The van der Waals surface area contributed by atoms with Crippen molar-refractivity contribution in [2.24, 2.45) is 0 Å². The monoisotopic (exact) mass is 324 g/mol. The summed E-state index contributed by atoms with van der Waals surface area (Å²) >= 11 is 3.24. The Bertz CT molecular complexity index is 651. The lowest BCUT2D eigenvalue weighted by Gasteiger charge is -2.07. The van der Waals surface area contributed by atoms with Crippen molar-refractivity contribution in [3.05, 3.63) is 46.1 Å². The standard InChI is InChI=1S/C12H9BrN2O4/c1-6-10(19-5-14-6)11(16)15-9-4-7(12(17)18)2-3-8(9)13/h2-5H,1H3,(H,15,16)(H,17,18). The topological polar surface area (TPSA) is 92.4 Å². The van der Waals surface area contributed by atoms with Crippen LogP contribution in [0.1, 0.15) is 26.6 Å². The number of carbonyl (C=O) groups excluding carboxylic acids is 1. The number of amides is 1. The smallest absolute Gasteiger partial charge is 0.335 e. The average molecular weight is 325 g/mol. The molecule has 1 aromatic heterocycles. The van der Waals surface area contributed by atoms with Crippen LogP contribution in [0.25, 0.3) is 0 Å². The minimum absolute atomic E-state index is 0.0767. The molecular formula is C12H9BrN2O4. The summed E-state index contributed by atoms with van der Waals surface area (Å²) in [7, 11) is 0. The molecule has 2 aromatic rings. The number of hydrogen-bond acceptors (Lipinski definition) is 4. The van der Waals surface area contributed by atoms with Crippen LogP contribution < -0.4 is 5.32 Å². The van der Waals surface area contributed by atoms with E-state index in [0.29, 0.717) is 15.9 Å². The summed E-state index contributed by atoms with van der Waals surface area (Å²) in [6.07, 6.45) is 1.17. The number of hydrogen-bond donors (Lipinski definition) is 2. The molecule has 1 amide bonds. The first-order valence-corrected chi connectivity index (χ1v) is 6.02. The lowest BCUT2D eigenvalue weighted by molar-refractivity contribution is 0.0696. The third kappa shape index (κ3) is 2.82. The number of halogens is 1. The van der Waals surface area contributed by atoms with Gasteiger partial charge in [-0.2, -0.15) is 0 Å². The minimum Gasteiger partial charge on any atom is -0.478 e. The molecule has 0 aliphatic heterocycles. The highest BCUT2D eigenvalue weighted by molar-refractivity contribution is 9.10. The Hall–Kier alpha value is -2.15. The predicted molar refractivity (Wildman–Crippen MR) is 70.3 cm³/mol. The fourth-order valence-electron chi connectivity index (χ4n) is 1.45. The van der Waals surface area contributed by atoms with E-state index in [2.05, 4.69) is 26.2 Å². The third-order valence-electron chi connectivity index (χ3n) is 2.41. The first kappa shape index (κ1) is 13.3. The molecule has 0 radical (unpaired) electrons. The van der Waals surface area contributed by atoms with E-state index in [9.17, 15) is 9.59 Å². The number of oxazole rings is 1. The molecule has 1 aromatic carbocycles. The van der Waals surface area contributed by atoms with Crippen LogP contribution in [0.3, 0.4) is 0 Å². The lowest BCUT2D eigenvalue weighted by atomic mass is 10.2. The van der Waals surface area contributed by atoms with Crippen molar-refractivity contribution in [3.63, 3.8) is 0 Å². The molecule has 7 heteroatoms. The van der Waals surface area contributed by atoms with Gasteiger partial charge in [0, 0.05) is 4.47 Å². The summed E-state index contributed by atoms with van der Waals surface area (Å²) < 4.78 is 5.53. The van der Waals surface area contributed by atoms with Gasteiger partial charge < -0.3 is 14.8 Å². The number of carboxylic acids is 1. The molecule has 1 heterocycles. The number of nitrogens with zero attached hydrogens (tertiary/aromatic N) is 1. The zero-order valence-electron chi connectivity index (χ0n) is 9.81. The number of aryl methyl sites for hydroxylation is 1. The van der Waals surface area contributed by atoms with Crippen LogP contribution in [0.2, 0.25) is 0 Å². The van der Waals surface area contributed by atoms with E-state index in [4.69, 9.17) is 9.52 Å². The maximum Gasteiger partial charge on any atom is 0.335 e. The Balaban J connectivity index is 2.28. The number of aromatic nitrogens is 1. The van der Waals surface area contributed by atoms with Crippen molar-refractivity contribution in [1.82, 2.24) is 4.98 Å². The Morgan fingerprint density at radius 1 is 1.42 bits per heavy atom. The van der Waals surface area contributed by atoms with Crippen LogP contribution in [0.5, 0.6) is 0 Å². The first-order chi connectivity index (χ1) is 8.99. The lowest BCUT2D eigenvalue weighted by Crippen LogP contribution is -2.13. The van der Waals surface area contributed by atoms with E-state index in [1.807, 2.05) is 0 Å². The molecule has 6 nitrogen and oxygen atoms in total. The second kappa shape index (κ2) is 5.23. The normalized spacial score (nSPS) is 10.2. The van der Waals surface area contributed by atoms with Crippen molar-refractivity contribution in [2.45, 2.75) is 6.92 Å². The molecule has 2 rings (SSSR count). The van der Waals surface area contributed by atoms with Crippen LogP contribution in [-0.2, 0) is 0 Å². The molecule has 0 saturated carbocycles. The second-order valence-corrected chi connectivity index (χ2v) is 4.58. The zero-order chi connectivity index (χ0) is 14.0. The average Bonchev–Trinajstić information content (AvgIpc) is 2.78. The van der Waals surface area contributed by atoms with Gasteiger partial charge in [0.2, 0.25) is 5.76 Å². The zero-order valence-corrected chi connectivity index (χ0v) is 11.4. The molecule has 0 atom stereocenters. The summed E-state index contributed by atoms with van der Waals surface area (Å²) in [5.74, 6) is -1.47. The fraction of sp³-hybridized carbons (Fsp3) is 0.0833. The Kier molecular flexibility index (Phi) is 3.66. The summed E-state index contributed by atoms with van der Waals surface area (Å²) in [5, 5.41) is 11.5. The van der Waals surface area contributed by atoms with Crippen LogP contribution in [0.4, 0.5) is 5.69 Å². The van der Waals surface area contributed by atoms with Gasteiger partial charge in [-0.25, -0.2) is 9.78 Å². The van der Waals surface area contributed by atoms with Gasteiger partial charge in [-0.3, -0.25) is 4.79 Å². The highest BCUT2D eigenvalue weighted by Crippen LogP contribution is 2.24. The summed E-state index contributed by atoms with van der Waals surface area (Å²) in [6, 6.07) is 4.34. The molecule has 0 aliphatic rings. The molecule has 0 aliphatic carbocycles. The van der Waals surface area contributed by atoms with E-state index in [1.54, 1.807) is 13.0 Å². The van der Waals surface area contributed by atoms with Crippen LogP contribution in [0, 0.1) is 6.92 Å². The van der Waals surface area contributed by atoms with Crippen molar-refractivity contribution in [2.75, 3.05) is 5.32 Å². The predicted octanol–water partition coefficient (Wildman–Crippen LogP) is 2.70. The Labute approximate surface area is 116 Å². The summed E-state index contributed by atoms with van der Waals surface area (Å²) in [6.45, 7) is 1.64.